The summed E-state index contributed by atoms with van der Waals surface area (Å²) in [4.78, 5) is 0.342. The fourth-order valence-electron chi connectivity index (χ4n) is 2.10. The van der Waals surface area contributed by atoms with Crippen LogP contribution in [-0.4, -0.2) is 0 Å². The van der Waals surface area contributed by atoms with Gasteiger partial charge in [0.1, 0.15) is 0 Å². The van der Waals surface area contributed by atoms with E-state index >= 15 is 0 Å². The molecule has 0 amide bonds. The molecular weight excluding hydrogens is 242 g/mol. The van der Waals surface area contributed by atoms with Crippen LogP contribution in [-0.2, 0) is 13.0 Å². The molecule has 4 rings (SSSR count). The fraction of sp³-hybridized carbons (Fsp3) is 0.158. The van der Waals surface area contributed by atoms with Gasteiger partial charge in [-0.1, -0.05) is 48.3 Å². The van der Waals surface area contributed by atoms with E-state index in [9.17, 15) is 0 Å². The molecule has 0 N–H and O–H groups in total. The van der Waals surface area contributed by atoms with Gasteiger partial charge in [0.2, 0.25) is 0 Å². The molecule has 0 aromatic heterocycles. The standard InChI is InChI=1S/C19H17N/c1-14-10-11-15-6-5-7-16-12-20(13-18(14)19(15)16)17-8-3-2-4-9-17/h2-11H,12-13H2,1H3/i2D,3D,4D,5D,6D,7D,8D,9D,10D,11D,12D2,13D2. The molecule has 0 bridgehead atoms. The predicted molar refractivity (Wildman–Crippen MR) is 85.0 cm³/mol. The van der Waals surface area contributed by atoms with Crippen molar-refractivity contribution in [1.29, 1.82) is 0 Å². The molecule has 0 aliphatic carbocycles. The molecule has 0 saturated carbocycles. The highest BCUT2D eigenvalue weighted by Crippen LogP contribution is 2.34. The van der Waals surface area contributed by atoms with Gasteiger partial charge in [0, 0.05) is 18.7 Å². The molecule has 1 aliphatic rings. The SMILES string of the molecule is [2H]c1c([2H])c([2H])c(N2C([2H])([2H])c3c([2H])c([2H])c([2H])c4c([2H])c([2H])c(C)c(c34)C2([2H])[2H])c([2H])c1[2H]. The van der Waals surface area contributed by atoms with E-state index in [1.165, 1.54) is 6.92 Å². The van der Waals surface area contributed by atoms with Gasteiger partial charge < -0.3 is 4.90 Å². The average molecular weight is 273 g/mol. The first-order chi connectivity index (χ1) is 15.5. The Labute approximate surface area is 139 Å². The van der Waals surface area contributed by atoms with Crippen molar-refractivity contribution in [3.05, 3.63) is 77.1 Å². The van der Waals surface area contributed by atoms with Crippen molar-refractivity contribution >= 4 is 16.5 Å². The van der Waals surface area contributed by atoms with E-state index < -0.39 is 84.7 Å². The van der Waals surface area contributed by atoms with E-state index in [2.05, 4.69) is 0 Å². The van der Waals surface area contributed by atoms with E-state index in [0.717, 1.165) is 0 Å². The number of benzene rings is 3. The third-order valence-electron chi connectivity index (χ3n) is 3.03. The second kappa shape index (κ2) is 4.38. The summed E-state index contributed by atoms with van der Waals surface area (Å²) in [6.07, 6.45) is 0. The van der Waals surface area contributed by atoms with Crippen molar-refractivity contribution in [2.24, 2.45) is 0 Å². The average Bonchev–Trinajstić information content (AvgIpc) is 2.74. The maximum atomic E-state index is 8.89. The van der Waals surface area contributed by atoms with Crippen molar-refractivity contribution < 1.29 is 19.2 Å². The molecule has 3 aromatic rings. The molecule has 0 atom stereocenters. The zero-order chi connectivity index (χ0) is 25.8. The highest BCUT2D eigenvalue weighted by molar-refractivity contribution is 5.91. The summed E-state index contributed by atoms with van der Waals surface area (Å²) in [5.41, 5.74) is -1.81. The Bertz CT molecular complexity index is 1330. The molecule has 98 valence electrons. The van der Waals surface area contributed by atoms with Gasteiger partial charge in [0.25, 0.3) is 0 Å². The van der Waals surface area contributed by atoms with Crippen LogP contribution in [0.3, 0.4) is 0 Å². The van der Waals surface area contributed by atoms with Gasteiger partial charge in [-0.2, -0.15) is 0 Å². The summed E-state index contributed by atoms with van der Waals surface area (Å²) in [5.74, 6) is 0. The Balaban J connectivity index is 2.31. The van der Waals surface area contributed by atoms with Crippen LogP contribution in [0.4, 0.5) is 5.69 Å². The number of para-hydroxylation sites is 1. The summed E-state index contributed by atoms with van der Waals surface area (Å²) in [6, 6.07) is -7.21. The summed E-state index contributed by atoms with van der Waals surface area (Å²) < 4.78 is 117. The Morgan fingerprint density at radius 1 is 0.950 bits per heavy atom. The third-order valence-corrected chi connectivity index (χ3v) is 3.03. The fourth-order valence-corrected chi connectivity index (χ4v) is 2.10. The lowest BCUT2D eigenvalue weighted by atomic mass is 9.92. The number of anilines is 1. The maximum Gasteiger partial charge on any atom is 0.0645 e. The van der Waals surface area contributed by atoms with E-state index in [0.29, 0.717) is 4.90 Å². The minimum absolute atomic E-state index is 0.0897. The molecule has 1 aliphatic heterocycles. The van der Waals surface area contributed by atoms with Crippen LogP contribution in [0.2, 0.25) is 0 Å². The Morgan fingerprint density at radius 3 is 2.65 bits per heavy atom. The molecule has 1 heteroatoms. The lowest BCUT2D eigenvalue weighted by Crippen LogP contribution is -2.26. The minimum atomic E-state index is -3.04. The summed E-state index contributed by atoms with van der Waals surface area (Å²) in [7, 11) is 0. The van der Waals surface area contributed by atoms with Crippen molar-refractivity contribution in [3.8, 4) is 0 Å². The molecule has 0 unspecified atom stereocenters. The molecule has 1 nitrogen and oxygen atoms in total. The number of hydrogen-bond acceptors (Lipinski definition) is 1. The Hall–Kier alpha value is -2.28. The Morgan fingerprint density at radius 2 is 1.80 bits per heavy atom. The van der Waals surface area contributed by atoms with Crippen LogP contribution in [0, 0.1) is 6.92 Å². The van der Waals surface area contributed by atoms with Crippen molar-refractivity contribution in [3.63, 3.8) is 0 Å². The monoisotopic (exact) mass is 273 g/mol. The van der Waals surface area contributed by atoms with Crippen molar-refractivity contribution in [1.82, 2.24) is 0 Å². The molecule has 3 aromatic carbocycles. The van der Waals surface area contributed by atoms with Crippen LogP contribution < -0.4 is 4.90 Å². The lowest BCUT2D eigenvalue weighted by molar-refractivity contribution is 0.784. The van der Waals surface area contributed by atoms with E-state index in [1.807, 2.05) is 0 Å². The van der Waals surface area contributed by atoms with Gasteiger partial charge in [0.05, 0.1) is 19.2 Å². The third kappa shape index (κ3) is 1.70. The topological polar surface area (TPSA) is 3.24 Å². The van der Waals surface area contributed by atoms with Crippen molar-refractivity contribution in [2.75, 3.05) is 4.90 Å². The van der Waals surface area contributed by atoms with Gasteiger partial charge in [0.15, 0.2) is 0 Å². The summed E-state index contributed by atoms with van der Waals surface area (Å²) in [6.45, 7) is -4.65. The zero-order valence-electron chi connectivity index (χ0n) is 24.4. The normalized spacial score (nSPS) is 28.8. The summed E-state index contributed by atoms with van der Waals surface area (Å²) in [5, 5.41) is -0.641. The number of hydrogen-bond donors (Lipinski definition) is 0. The highest BCUT2D eigenvalue weighted by Gasteiger charge is 2.19. The van der Waals surface area contributed by atoms with Crippen LogP contribution in [0.25, 0.3) is 10.8 Å². The Kier molecular flexibility index (Phi) is 0.900. The van der Waals surface area contributed by atoms with Gasteiger partial charge in [-0.05, 0) is 46.5 Å². The maximum absolute atomic E-state index is 8.89. The van der Waals surface area contributed by atoms with E-state index in [4.69, 9.17) is 19.2 Å². The summed E-state index contributed by atoms with van der Waals surface area (Å²) >= 11 is 0. The number of nitrogens with zero attached hydrogens (tertiary/aromatic N) is 1. The molecule has 0 radical (unpaired) electrons. The van der Waals surface area contributed by atoms with Gasteiger partial charge in [-0.25, -0.2) is 0 Å². The van der Waals surface area contributed by atoms with E-state index in [-0.39, 0.29) is 21.9 Å². The van der Waals surface area contributed by atoms with Crippen LogP contribution in [0.5, 0.6) is 0 Å². The highest BCUT2D eigenvalue weighted by atomic mass is 15.1. The molecule has 0 saturated heterocycles. The lowest BCUT2D eigenvalue weighted by Gasteiger charge is -2.32. The van der Waals surface area contributed by atoms with Crippen LogP contribution in [0.1, 0.15) is 35.9 Å². The molecule has 20 heavy (non-hydrogen) atoms. The first-order valence-corrected chi connectivity index (χ1v) is 5.92. The van der Waals surface area contributed by atoms with Gasteiger partial charge in [-0.15, -0.1) is 0 Å². The predicted octanol–water partition coefficient (Wildman–Crippen LogP) is 4.67. The minimum Gasteiger partial charge on any atom is -0.363 e. The first-order valence-electron chi connectivity index (χ1n) is 12.9. The van der Waals surface area contributed by atoms with Gasteiger partial charge >= 0.3 is 0 Å². The first kappa shape index (κ1) is 4.11. The second-order valence-electron chi connectivity index (χ2n) is 4.28. The molecular formula is C19H17N. The van der Waals surface area contributed by atoms with Crippen LogP contribution >= 0.6 is 0 Å². The quantitative estimate of drug-likeness (QED) is 0.623. The van der Waals surface area contributed by atoms with Crippen molar-refractivity contribution in [2.45, 2.75) is 19.9 Å². The van der Waals surface area contributed by atoms with Gasteiger partial charge in [-0.3, -0.25) is 0 Å². The molecule has 1 heterocycles. The van der Waals surface area contributed by atoms with E-state index in [1.54, 1.807) is 0 Å². The molecule has 0 spiro atoms. The van der Waals surface area contributed by atoms with Crippen LogP contribution in [0.15, 0.2) is 60.4 Å². The number of rotatable bonds is 1. The second-order valence-corrected chi connectivity index (χ2v) is 4.28. The largest absolute Gasteiger partial charge is 0.363 e. The smallest absolute Gasteiger partial charge is 0.0645 e. The molecule has 0 fully saturated rings. The zero-order valence-corrected chi connectivity index (χ0v) is 10.4.